The quantitative estimate of drug-likeness (QED) is 0.489. The summed E-state index contributed by atoms with van der Waals surface area (Å²) in [5.74, 6) is 0. The first-order valence-corrected chi connectivity index (χ1v) is 8.71. The largest absolute Gasteiger partial charge is 0.114 e. The van der Waals surface area contributed by atoms with Gasteiger partial charge in [-0.15, -0.1) is 26.2 Å². The van der Waals surface area contributed by atoms with Crippen molar-refractivity contribution >= 4 is 31.5 Å². The monoisotopic (exact) mass is 358 g/mol. The predicted molar refractivity (Wildman–Crippen MR) is 102 cm³/mol. The first kappa shape index (κ1) is 20.1. The third-order valence-electron chi connectivity index (χ3n) is 3.92. The standard InChI is InChI=1S/C18H31P.BrH/c1-4-7-10-15-13-14-18(19)17(12-9-6-3)16(15)11-8-5-2;/h13-14H,4-12,19H2,1-3H3;1H. The highest BCUT2D eigenvalue weighted by atomic mass is 79.9. The molecule has 0 radical (unpaired) electrons. The van der Waals surface area contributed by atoms with Gasteiger partial charge in [-0.05, 0) is 60.5 Å². The lowest BCUT2D eigenvalue weighted by atomic mass is 9.91. The van der Waals surface area contributed by atoms with Crippen LogP contribution in [0.2, 0.25) is 0 Å². The summed E-state index contributed by atoms with van der Waals surface area (Å²) in [4.78, 5) is 0. The van der Waals surface area contributed by atoms with Crippen molar-refractivity contribution in [2.75, 3.05) is 0 Å². The highest BCUT2D eigenvalue weighted by Crippen LogP contribution is 2.21. The summed E-state index contributed by atoms with van der Waals surface area (Å²) in [7, 11) is 2.95. The van der Waals surface area contributed by atoms with Gasteiger partial charge >= 0.3 is 0 Å². The molecule has 0 nitrogen and oxygen atoms in total. The van der Waals surface area contributed by atoms with Gasteiger partial charge in [0.25, 0.3) is 0 Å². The first-order chi connectivity index (χ1) is 9.24. The number of benzene rings is 1. The van der Waals surface area contributed by atoms with Gasteiger partial charge in [-0.1, -0.05) is 52.2 Å². The molecule has 0 N–H and O–H groups in total. The minimum absolute atomic E-state index is 0. The Bertz CT molecular complexity index is 374. The second-order valence-corrected chi connectivity index (χ2v) is 6.20. The average molecular weight is 359 g/mol. The second kappa shape index (κ2) is 11.8. The fourth-order valence-electron chi connectivity index (χ4n) is 2.67. The number of aryl methyl sites for hydroxylation is 1. The molecule has 1 aromatic rings. The molecule has 0 aliphatic heterocycles. The van der Waals surface area contributed by atoms with Crippen molar-refractivity contribution in [3.05, 3.63) is 28.8 Å². The van der Waals surface area contributed by atoms with E-state index >= 15 is 0 Å². The first-order valence-electron chi connectivity index (χ1n) is 8.13. The molecule has 0 amide bonds. The van der Waals surface area contributed by atoms with Crippen molar-refractivity contribution in [3.63, 3.8) is 0 Å². The van der Waals surface area contributed by atoms with E-state index < -0.39 is 0 Å². The zero-order chi connectivity index (χ0) is 14.1. The van der Waals surface area contributed by atoms with Crippen LogP contribution in [0.1, 0.15) is 76.0 Å². The molecule has 0 saturated carbocycles. The van der Waals surface area contributed by atoms with Crippen LogP contribution in [0, 0.1) is 0 Å². The molecular weight excluding hydrogens is 327 g/mol. The molecule has 0 aromatic heterocycles. The number of hydrogen-bond acceptors (Lipinski definition) is 0. The van der Waals surface area contributed by atoms with Crippen LogP contribution >= 0.6 is 26.2 Å². The molecule has 0 aliphatic carbocycles. The Labute approximate surface area is 139 Å². The zero-order valence-corrected chi connectivity index (χ0v) is 16.4. The second-order valence-electron chi connectivity index (χ2n) is 5.58. The lowest BCUT2D eigenvalue weighted by molar-refractivity contribution is 0.737. The molecule has 2 heteroatoms. The molecule has 1 rings (SSSR count). The molecule has 1 aromatic carbocycles. The lowest BCUT2D eigenvalue weighted by Crippen LogP contribution is -2.10. The van der Waals surface area contributed by atoms with Gasteiger partial charge in [0, 0.05) is 0 Å². The van der Waals surface area contributed by atoms with E-state index in [-0.39, 0.29) is 17.0 Å². The molecule has 1 unspecified atom stereocenters. The molecule has 0 saturated heterocycles. The highest BCUT2D eigenvalue weighted by molar-refractivity contribution is 8.93. The number of unbranched alkanes of at least 4 members (excludes halogenated alkanes) is 3. The van der Waals surface area contributed by atoms with E-state index in [0.717, 1.165) is 0 Å². The Morgan fingerprint density at radius 1 is 0.750 bits per heavy atom. The summed E-state index contributed by atoms with van der Waals surface area (Å²) in [5, 5.41) is 1.43. The number of halogens is 1. The fourth-order valence-corrected chi connectivity index (χ4v) is 3.09. The third kappa shape index (κ3) is 6.27. The van der Waals surface area contributed by atoms with Crippen LogP contribution in [0.5, 0.6) is 0 Å². The Morgan fingerprint density at radius 3 is 1.80 bits per heavy atom. The highest BCUT2D eigenvalue weighted by Gasteiger charge is 2.10. The number of hydrogen-bond donors (Lipinski definition) is 0. The van der Waals surface area contributed by atoms with Gasteiger partial charge in [0.15, 0.2) is 0 Å². The maximum atomic E-state index is 2.95. The molecule has 0 heterocycles. The van der Waals surface area contributed by atoms with E-state index in [1.807, 2.05) is 0 Å². The van der Waals surface area contributed by atoms with Crippen molar-refractivity contribution in [1.82, 2.24) is 0 Å². The van der Waals surface area contributed by atoms with Crippen LogP contribution in [0.3, 0.4) is 0 Å². The van der Waals surface area contributed by atoms with Gasteiger partial charge in [0.05, 0.1) is 0 Å². The average Bonchev–Trinajstić information content (AvgIpc) is 2.42. The van der Waals surface area contributed by atoms with E-state index in [9.17, 15) is 0 Å². The van der Waals surface area contributed by atoms with Crippen molar-refractivity contribution in [1.29, 1.82) is 0 Å². The summed E-state index contributed by atoms with van der Waals surface area (Å²) in [6.07, 6.45) is 11.6. The molecule has 0 spiro atoms. The third-order valence-corrected chi connectivity index (χ3v) is 4.47. The Balaban J connectivity index is 0.00000361. The van der Waals surface area contributed by atoms with Crippen LogP contribution in [0.25, 0.3) is 0 Å². The van der Waals surface area contributed by atoms with Gasteiger partial charge in [-0.3, -0.25) is 0 Å². The van der Waals surface area contributed by atoms with E-state index in [1.165, 1.54) is 63.1 Å². The van der Waals surface area contributed by atoms with Gasteiger partial charge in [0.1, 0.15) is 0 Å². The van der Waals surface area contributed by atoms with Crippen molar-refractivity contribution in [2.45, 2.75) is 78.6 Å². The Kier molecular flexibility index (Phi) is 11.8. The van der Waals surface area contributed by atoms with E-state index in [0.29, 0.717) is 0 Å². The van der Waals surface area contributed by atoms with E-state index in [4.69, 9.17) is 0 Å². The molecule has 20 heavy (non-hydrogen) atoms. The number of rotatable bonds is 9. The van der Waals surface area contributed by atoms with Gasteiger partial charge in [-0.25, -0.2) is 0 Å². The van der Waals surface area contributed by atoms with E-state index in [2.05, 4.69) is 42.1 Å². The molecular formula is C18H32BrP. The molecule has 1 atom stereocenters. The normalized spacial score (nSPS) is 10.4. The maximum absolute atomic E-state index is 2.95. The maximum Gasteiger partial charge on any atom is -0.0268 e. The van der Waals surface area contributed by atoms with Crippen molar-refractivity contribution in [3.8, 4) is 0 Å². The summed E-state index contributed by atoms with van der Waals surface area (Å²) >= 11 is 0. The summed E-state index contributed by atoms with van der Waals surface area (Å²) < 4.78 is 0. The molecule has 116 valence electrons. The lowest BCUT2D eigenvalue weighted by Gasteiger charge is -2.17. The summed E-state index contributed by atoms with van der Waals surface area (Å²) in [6, 6.07) is 4.69. The van der Waals surface area contributed by atoms with Crippen molar-refractivity contribution in [2.24, 2.45) is 0 Å². The van der Waals surface area contributed by atoms with Crippen LogP contribution in [0.4, 0.5) is 0 Å². The fraction of sp³-hybridized carbons (Fsp3) is 0.667. The molecule has 0 fully saturated rings. The minimum Gasteiger partial charge on any atom is -0.114 e. The molecule has 0 bridgehead atoms. The van der Waals surface area contributed by atoms with Gasteiger partial charge < -0.3 is 0 Å². The van der Waals surface area contributed by atoms with Crippen LogP contribution in [0.15, 0.2) is 12.1 Å². The van der Waals surface area contributed by atoms with Crippen molar-refractivity contribution < 1.29 is 0 Å². The summed E-state index contributed by atoms with van der Waals surface area (Å²) in [6.45, 7) is 6.87. The SMILES string of the molecule is Br.CCCCc1ccc(P)c(CCCC)c1CCCC. The minimum atomic E-state index is 0. The van der Waals surface area contributed by atoms with Crippen LogP contribution in [-0.4, -0.2) is 0 Å². The van der Waals surface area contributed by atoms with E-state index in [1.54, 1.807) is 16.7 Å². The predicted octanol–water partition coefficient (Wildman–Crippen LogP) is 5.79. The zero-order valence-electron chi connectivity index (χ0n) is 13.5. The Hall–Kier alpha value is 0.130. The van der Waals surface area contributed by atoms with Gasteiger partial charge in [-0.2, -0.15) is 0 Å². The Morgan fingerprint density at radius 2 is 1.25 bits per heavy atom. The smallest absolute Gasteiger partial charge is 0.0268 e. The molecule has 0 aliphatic rings. The van der Waals surface area contributed by atoms with Crippen LogP contribution in [-0.2, 0) is 19.3 Å². The summed E-state index contributed by atoms with van der Waals surface area (Å²) in [5.41, 5.74) is 4.93. The topological polar surface area (TPSA) is 0 Å². The van der Waals surface area contributed by atoms with Crippen LogP contribution < -0.4 is 5.30 Å². The van der Waals surface area contributed by atoms with Gasteiger partial charge in [0.2, 0.25) is 0 Å².